The fourth-order valence-electron chi connectivity index (χ4n) is 3.36. The Morgan fingerprint density at radius 1 is 0.636 bits per heavy atom. The Kier molecular flexibility index (Phi) is 14.5. The zero-order chi connectivity index (χ0) is 16.7. The minimum absolute atomic E-state index is 0.134. The van der Waals surface area contributed by atoms with E-state index in [1.165, 1.54) is 83.5 Å². The standard InChI is InChI=1S/C20H44NO/c1-5-7-8-9-10-11-12-13-14-15-16-17-18-19-20(6-2)21(3,4)22/h20,22H,5-19H2,1-4H3/q+1. The summed E-state index contributed by atoms with van der Waals surface area (Å²) in [5.74, 6) is 0. The molecule has 0 aliphatic carbocycles. The Labute approximate surface area is 140 Å². The Morgan fingerprint density at radius 2 is 1.00 bits per heavy atom. The van der Waals surface area contributed by atoms with Crippen LogP contribution in [0.25, 0.3) is 0 Å². The molecule has 1 atom stereocenters. The highest BCUT2D eigenvalue weighted by molar-refractivity contribution is 4.55. The monoisotopic (exact) mass is 314 g/mol. The fourth-order valence-corrected chi connectivity index (χ4v) is 3.36. The number of rotatable bonds is 16. The fraction of sp³-hybridized carbons (Fsp3) is 1.00. The molecule has 22 heavy (non-hydrogen) atoms. The Hall–Kier alpha value is -0.0800. The molecule has 0 rings (SSSR count). The lowest BCUT2D eigenvalue weighted by molar-refractivity contribution is -1.09. The van der Waals surface area contributed by atoms with E-state index in [1.807, 2.05) is 14.1 Å². The summed E-state index contributed by atoms with van der Waals surface area (Å²) in [6, 6.07) is 0.410. The zero-order valence-corrected chi connectivity index (χ0v) is 16.1. The zero-order valence-electron chi connectivity index (χ0n) is 16.1. The van der Waals surface area contributed by atoms with Crippen molar-refractivity contribution in [1.29, 1.82) is 0 Å². The van der Waals surface area contributed by atoms with Crippen molar-refractivity contribution in [2.45, 2.75) is 116 Å². The van der Waals surface area contributed by atoms with Crippen molar-refractivity contribution < 1.29 is 9.85 Å². The summed E-state index contributed by atoms with van der Waals surface area (Å²) in [6.07, 6.45) is 20.5. The summed E-state index contributed by atoms with van der Waals surface area (Å²) >= 11 is 0. The van der Waals surface area contributed by atoms with Crippen LogP contribution in [0.3, 0.4) is 0 Å². The molecule has 2 nitrogen and oxygen atoms in total. The lowest BCUT2D eigenvalue weighted by Gasteiger charge is -2.29. The largest absolute Gasteiger partial charge is 0.217 e. The Bertz CT molecular complexity index is 222. The molecule has 0 amide bonds. The van der Waals surface area contributed by atoms with Crippen LogP contribution >= 0.6 is 0 Å². The third kappa shape index (κ3) is 13.6. The molecule has 0 fully saturated rings. The van der Waals surface area contributed by atoms with Crippen molar-refractivity contribution in [3.63, 3.8) is 0 Å². The molecule has 1 unspecified atom stereocenters. The van der Waals surface area contributed by atoms with Gasteiger partial charge in [-0.15, -0.1) is 0 Å². The van der Waals surface area contributed by atoms with E-state index in [2.05, 4.69) is 13.8 Å². The van der Waals surface area contributed by atoms with Crippen LogP contribution in [0.4, 0.5) is 0 Å². The maximum atomic E-state index is 10.0. The average Bonchev–Trinajstić information content (AvgIpc) is 2.46. The van der Waals surface area contributed by atoms with E-state index in [0.717, 1.165) is 12.8 Å². The summed E-state index contributed by atoms with van der Waals surface area (Å²) in [7, 11) is 3.80. The molecule has 0 saturated carbocycles. The van der Waals surface area contributed by atoms with E-state index in [-0.39, 0.29) is 4.65 Å². The predicted octanol–water partition coefficient (Wildman–Crippen LogP) is 6.71. The topological polar surface area (TPSA) is 20.2 Å². The molecule has 0 bridgehead atoms. The van der Waals surface area contributed by atoms with Gasteiger partial charge < -0.3 is 0 Å². The van der Waals surface area contributed by atoms with Crippen molar-refractivity contribution >= 4 is 0 Å². The molecule has 0 heterocycles. The molecule has 0 radical (unpaired) electrons. The number of unbranched alkanes of at least 4 members (excludes halogenated alkanes) is 12. The molecule has 0 aromatic carbocycles. The number of quaternary nitrogens is 1. The summed E-state index contributed by atoms with van der Waals surface area (Å²) < 4.78 is 0.134. The molecule has 2 heteroatoms. The summed E-state index contributed by atoms with van der Waals surface area (Å²) in [5.41, 5.74) is 0. The average molecular weight is 315 g/mol. The molecule has 0 saturated heterocycles. The predicted molar refractivity (Wildman–Crippen MR) is 98.3 cm³/mol. The van der Waals surface area contributed by atoms with Crippen molar-refractivity contribution in [2.24, 2.45) is 0 Å². The first-order valence-electron chi connectivity index (χ1n) is 10.1. The van der Waals surface area contributed by atoms with Gasteiger partial charge in [-0.3, -0.25) is 0 Å². The lowest BCUT2D eigenvalue weighted by Crippen LogP contribution is -2.45. The minimum atomic E-state index is 0.134. The normalized spacial score (nSPS) is 13.5. The van der Waals surface area contributed by atoms with Gasteiger partial charge in [0.1, 0.15) is 6.04 Å². The van der Waals surface area contributed by atoms with Crippen LogP contribution < -0.4 is 0 Å². The van der Waals surface area contributed by atoms with Crippen molar-refractivity contribution in [3.8, 4) is 0 Å². The van der Waals surface area contributed by atoms with E-state index >= 15 is 0 Å². The molecule has 0 aromatic rings. The van der Waals surface area contributed by atoms with Gasteiger partial charge in [0.25, 0.3) is 0 Å². The van der Waals surface area contributed by atoms with E-state index in [0.29, 0.717) is 6.04 Å². The van der Waals surface area contributed by atoms with Crippen LogP contribution in [0.15, 0.2) is 0 Å². The molecular weight excluding hydrogens is 270 g/mol. The highest BCUT2D eigenvalue weighted by Gasteiger charge is 2.23. The van der Waals surface area contributed by atoms with E-state index < -0.39 is 0 Å². The van der Waals surface area contributed by atoms with Crippen molar-refractivity contribution in [3.05, 3.63) is 0 Å². The Balaban J connectivity index is 3.24. The van der Waals surface area contributed by atoms with Crippen molar-refractivity contribution in [2.75, 3.05) is 14.1 Å². The van der Waals surface area contributed by atoms with E-state index in [4.69, 9.17) is 0 Å². The quantitative estimate of drug-likeness (QED) is 0.191. The molecule has 0 aromatic heterocycles. The number of nitrogens with zero attached hydrogens (tertiary/aromatic N) is 1. The molecular formula is C20H44NO+. The lowest BCUT2D eigenvalue weighted by atomic mass is 10.0. The molecule has 134 valence electrons. The second-order valence-corrected chi connectivity index (χ2v) is 7.57. The SMILES string of the molecule is CCCCCCCCCCCCCCCC(CC)[N+](C)(C)O. The highest BCUT2D eigenvalue weighted by Crippen LogP contribution is 2.17. The number of hydrogen-bond donors (Lipinski definition) is 1. The second kappa shape index (κ2) is 14.5. The van der Waals surface area contributed by atoms with E-state index in [1.54, 1.807) is 0 Å². The summed E-state index contributed by atoms with van der Waals surface area (Å²) in [4.78, 5) is 0. The third-order valence-electron chi connectivity index (χ3n) is 5.01. The Morgan fingerprint density at radius 3 is 1.32 bits per heavy atom. The van der Waals surface area contributed by atoms with Gasteiger partial charge in [-0.2, -0.15) is 4.65 Å². The van der Waals surface area contributed by atoms with Gasteiger partial charge in [0.15, 0.2) is 0 Å². The minimum Gasteiger partial charge on any atom is -0.217 e. The van der Waals surface area contributed by atoms with Crippen LogP contribution in [0, 0.1) is 0 Å². The highest BCUT2D eigenvalue weighted by atomic mass is 16.5. The second-order valence-electron chi connectivity index (χ2n) is 7.57. The van der Waals surface area contributed by atoms with Crippen LogP contribution in [0.1, 0.15) is 110 Å². The maximum Gasteiger partial charge on any atom is 0.118 e. The van der Waals surface area contributed by atoms with Gasteiger partial charge in [0, 0.05) is 6.42 Å². The summed E-state index contributed by atoms with van der Waals surface area (Å²) in [6.45, 7) is 4.47. The van der Waals surface area contributed by atoms with E-state index in [9.17, 15) is 5.21 Å². The maximum absolute atomic E-state index is 10.0. The summed E-state index contributed by atoms with van der Waals surface area (Å²) in [5, 5.41) is 10.0. The van der Waals surface area contributed by atoms with Gasteiger partial charge in [-0.25, -0.2) is 5.21 Å². The molecule has 0 aliphatic rings. The van der Waals surface area contributed by atoms with Gasteiger partial charge in [0.2, 0.25) is 0 Å². The van der Waals surface area contributed by atoms with Gasteiger partial charge in [-0.05, 0) is 12.8 Å². The first-order valence-corrected chi connectivity index (χ1v) is 10.1. The smallest absolute Gasteiger partial charge is 0.118 e. The van der Waals surface area contributed by atoms with Crippen molar-refractivity contribution in [1.82, 2.24) is 0 Å². The number of hydroxylamine groups is 3. The van der Waals surface area contributed by atoms with Crippen LogP contribution in [-0.2, 0) is 0 Å². The first kappa shape index (κ1) is 21.9. The van der Waals surface area contributed by atoms with Gasteiger partial charge in [0.05, 0.1) is 14.1 Å². The van der Waals surface area contributed by atoms with Crippen LogP contribution in [-0.4, -0.2) is 30.0 Å². The molecule has 0 aliphatic heterocycles. The van der Waals surface area contributed by atoms with Gasteiger partial charge in [-0.1, -0.05) is 90.9 Å². The van der Waals surface area contributed by atoms with Crippen LogP contribution in [0.2, 0.25) is 0 Å². The number of hydrogen-bond acceptors (Lipinski definition) is 1. The van der Waals surface area contributed by atoms with Crippen LogP contribution in [0.5, 0.6) is 0 Å². The molecule has 0 spiro atoms. The first-order chi connectivity index (χ1) is 10.5. The molecule has 1 N–H and O–H groups in total. The third-order valence-corrected chi connectivity index (χ3v) is 5.01. The van der Waals surface area contributed by atoms with Gasteiger partial charge >= 0.3 is 0 Å².